The van der Waals surface area contributed by atoms with Crippen molar-refractivity contribution in [3.8, 4) is 0 Å². The van der Waals surface area contributed by atoms with Crippen LogP contribution in [-0.4, -0.2) is 41.0 Å². The minimum atomic E-state index is -0.143. The highest BCUT2D eigenvalue weighted by Gasteiger charge is 2.28. The Morgan fingerprint density at radius 2 is 2.12 bits per heavy atom. The van der Waals surface area contributed by atoms with Crippen molar-refractivity contribution in [3.63, 3.8) is 0 Å². The van der Waals surface area contributed by atoms with Gasteiger partial charge in [-0.2, -0.15) is 0 Å². The Hall–Kier alpha value is -1.59. The van der Waals surface area contributed by atoms with Crippen molar-refractivity contribution in [2.24, 2.45) is 5.92 Å². The van der Waals surface area contributed by atoms with E-state index in [2.05, 4.69) is 5.32 Å². The molecule has 132 valence electrons. The Balaban J connectivity index is 2.22. The van der Waals surface area contributed by atoms with E-state index in [1.807, 2.05) is 13.8 Å². The molecule has 1 aliphatic heterocycles. The zero-order chi connectivity index (χ0) is 17.7. The highest BCUT2D eigenvalue weighted by Crippen LogP contribution is 2.27. The van der Waals surface area contributed by atoms with E-state index in [1.165, 1.54) is 0 Å². The Bertz CT molecular complexity index is 602. The first-order valence-corrected chi connectivity index (χ1v) is 8.84. The van der Waals surface area contributed by atoms with Gasteiger partial charge >= 0.3 is 0 Å². The number of amides is 2. The molecule has 0 spiro atoms. The maximum atomic E-state index is 12.9. The number of anilines is 1. The van der Waals surface area contributed by atoms with Gasteiger partial charge in [-0.25, -0.2) is 0 Å². The summed E-state index contributed by atoms with van der Waals surface area (Å²) in [6, 6.07) is 5.01. The number of carbonyl (C=O) groups excluding carboxylic acids is 2. The molecule has 1 aromatic rings. The van der Waals surface area contributed by atoms with Crippen LogP contribution in [0.15, 0.2) is 18.2 Å². The van der Waals surface area contributed by atoms with Crippen molar-refractivity contribution in [2.45, 2.75) is 45.6 Å². The largest absolute Gasteiger partial charge is 0.396 e. The summed E-state index contributed by atoms with van der Waals surface area (Å²) in [5, 5.41) is 12.4. The van der Waals surface area contributed by atoms with Gasteiger partial charge < -0.3 is 15.3 Å². The molecule has 5 nitrogen and oxygen atoms in total. The van der Waals surface area contributed by atoms with Gasteiger partial charge in [-0.1, -0.05) is 25.4 Å². The average Bonchev–Trinajstić information content (AvgIpc) is 2.56. The summed E-state index contributed by atoms with van der Waals surface area (Å²) >= 11 is 6.22. The SMILES string of the molecule is CC(C)C(=O)Nc1ccc(Cl)c(C(=O)N2CCCC[C@H]2CCO)c1. The topological polar surface area (TPSA) is 69.6 Å². The van der Waals surface area contributed by atoms with E-state index in [0.29, 0.717) is 29.2 Å². The number of carbonyl (C=O) groups is 2. The van der Waals surface area contributed by atoms with Crippen LogP contribution in [-0.2, 0) is 4.79 Å². The van der Waals surface area contributed by atoms with Crippen LogP contribution in [0.25, 0.3) is 0 Å². The summed E-state index contributed by atoms with van der Waals surface area (Å²) < 4.78 is 0. The lowest BCUT2D eigenvalue weighted by atomic mass is 9.98. The Labute approximate surface area is 148 Å². The zero-order valence-corrected chi connectivity index (χ0v) is 15.0. The summed E-state index contributed by atoms with van der Waals surface area (Å²) in [6.45, 7) is 4.35. The van der Waals surface area contributed by atoms with E-state index in [0.717, 1.165) is 19.3 Å². The Morgan fingerprint density at radius 1 is 1.38 bits per heavy atom. The van der Waals surface area contributed by atoms with E-state index < -0.39 is 0 Å². The first kappa shape index (κ1) is 18.7. The average molecular weight is 353 g/mol. The lowest BCUT2D eigenvalue weighted by Crippen LogP contribution is -2.44. The molecule has 1 atom stereocenters. The number of hydrogen-bond acceptors (Lipinski definition) is 3. The maximum absolute atomic E-state index is 12.9. The van der Waals surface area contributed by atoms with Gasteiger partial charge in [-0.3, -0.25) is 9.59 Å². The first-order chi connectivity index (χ1) is 11.4. The molecule has 6 heteroatoms. The normalized spacial score (nSPS) is 17.9. The van der Waals surface area contributed by atoms with Crippen LogP contribution >= 0.6 is 11.6 Å². The molecule has 1 aliphatic rings. The summed E-state index contributed by atoms with van der Waals surface area (Å²) in [4.78, 5) is 26.6. The number of aliphatic hydroxyl groups is 1. The van der Waals surface area contributed by atoms with Crippen LogP contribution in [0.4, 0.5) is 5.69 Å². The Kier molecular flexibility index (Phi) is 6.63. The highest BCUT2D eigenvalue weighted by molar-refractivity contribution is 6.34. The second kappa shape index (κ2) is 8.49. The number of nitrogens with one attached hydrogen (secondary N) is 1. The monoisotopic (exact) mass is 352 g/mol. The molecule has 1 heterocycles. The van der Waals surface area contributed by atoms with Crippen molar-refractivity contribution in [1.82, 2.24) is 4.90 Å². The van der Waals surface area contributed by atoms with Crippen molar-refractivity contribution in [1.29, 1.82) is 0 Å². The van der Waals surface area contributed by atoms with E-state index in [-0.39, 0.29) is 30.4 Å². The molecule has 0 aromatic heterocycles. The van der Waals surface area contributed by atoms with E-state index in [1.54, 1.807) is 23.1 Å². The van der Waals surface area contributed by atoms with Gasteiger partial charge in [0.15, 0.2) is 0 Å². The third-order valence-electron chi connectivity index (χ3n) is 4.34. The standard InChI is InChI=1S/C18H25ClN2O3/c1-12(2)17(23)20-13-6-7-16(19)15(11-13)18(24)21-9-4-3-5-14(21)8-10-22/h6-7,11-12,14,22H,3-5,8-10H2,1-2H3,(H,20,23)/t14-/m0/s1. The van der Waals surface area contributed by atoms with Gasteiger partial charge in [-0.15, -0.1) is 0 Å². The van der Waals surface area contributed by atoms with E-state index in [4.69, 9.17) is 11.6 Å². The minimum Gasteiger partial charge on any atom is -0.396 e. The first-order valence-electron chi connectivity index (χ1n) is 8.46. The number of nitrogens with zero attached hydrogens (tertiary/aromatic N) is 1. The van der Waals surface area contributed by atoms with Crippen LogP contribution < -0.4 is 5.32 Å². The number of halogens is 1. The molecule has 2 amide bonds. The van der Waals surface area contributed by atoms with Crippen molar-refractivity contribution < 1.29 is 14.7 Å². The molecule has 2 N–H and O–H groups in total. The van der Waals surface area contributed by atoms with Gasteiger partial charge in [0.2, 0.25) is 5.91 Å². The molecule has 0 saturated carbocycles. The number of piperidine rings is 1. The van der Waals surface area contributed by atoms with E-state index in [9.17, 15) is 14.7 Å². The number of aliphatic hydroxyl groups excluding tert-OH is 1. The molecule has 1 fully saturated rings. The number of likely N-dealkylation sites (tertiary alicyclic amines) is 1. The van der Waals surface area contributed by atoms with Crippen molar-refractivity contribution in [3.05, 3.63) is 28.8 Å². The van der Waals surface area contributed by atoms with Crippen LogP contribution in [0.5, 0.6) is 0 Å². The highest BCUT2D eigenvalue weighted by atomic mass is 35.5. The molecule has 0 unspecified atom stereocenters. The molecule has 24 heavy (non-hydrogen) atoms. The molecular weight excluding hydrogens is 328 g/mol. The molecule has 0 bridgehead atoms. The summed E-state index contributed by atoms with van der Waals surface area (Å²) in [5.41, 5.74) is 0.959. The lowest BCUT2D eigenvalue weighted by molar-refractivity contribution is -0.118. The van der Waals surface area contributed by atoms with Crippen LogP contribution in [0.3, 0.4) is 0 Å². The maximum Gasteiger partial charge on any atom is 0.255 e. The second-order valence-corrected chi connectivity index (χ2v) is 6.91. The number of rotatable bonds is 5. The number of benzene rings is 1. The van der Waals surface area contributed by atoms with Crippen molar-refractivity contribution >= 4 is 29.1 Å². The predicted molar refractivity (Wildman–Crippen MR) is 95.3 cm³/mol. The molecule has 1 saturated heterocycles. The fourth-order valence-corrected chi connectivity index (χ4v) is 3.12. The van der Waals surface area contributed by atoms with Crippen LogP contribution in [0.1, 0.15) is 49.9 Å². The zero-order valence-electron chi connectivity index (χ0n) is 14.2. The summed E-state index contributed by atoms with van der Waals surface area (Å²) in [5.74, 6) is -0.387. The quantitative estimate of drug-likeness (QED) is 0.854. The molecule has 2 rings (SSSR count). The van der Waals surface area contributed by atoms with Crippen LogP contribution in [0.2, 0.25) is 5.02 Å². The molecular formula is C18H25ClN2O3. The predicted octanol–water partition coefficient (Wildman–Crippen LogP) is 3.31. The van der Waals surface area contributed by atoms with Gasteiger partial charge in [-0.05, 0) is 43.9 Å². The van der Waals surface area contributed by atoms with Crippen molar-refractivity contribution in [2.75, 3.05) is 18.5 Å². The summed E-state index contributed by atoms with van der Waals surface area (Å²) in [6.07, 6.45) is 3.49. The smallest absolute Gasteiger partial charge is 0.255 e. The molecule has 0 aliphatic carbocycles. The van der Waals surface area contributed by atoms with Gasteiger partial charge in [0, 0.05) is 30.8 Å². The minimum absolute atomic E-state index is 0.0428. The lowest BCUT2D eigenvalue weighted by Gasteiger charge is -2.35. The van der Waals surface area contributed by atoms with Gasteiger partial charge in [0.1, 0.15) is 0 Å². The Morgan fingerprint density at radius 3 is 2.79 bits per heavy atom. The molecule has 1 aromatic carbocycles. The van der Waals surface area contributed by atoms with Gasteiger partial charge in [0.05, 0.1) is 10.6 Å². The van der Waals surface area contributed by atoms with Gasteiger partial charge in [0.25, 0.3) is 5.91 Å². The molecule has 0 radical (unpaired) electrons. The second-order valence-electron chi connectivity index (χ2n) is 6.50. The summed E-state index contributed by atoms with van der Waals surface area (Å²) in [7, 11) is 0. The van der Waals surface area contributed by atoms with Crippen LogP contribution in [0, 0.1) is 5.92 Å². The third kappa shape index (κ3) is 4.48. The van der Waals surface area contributed by atoms with E-state index >= 15 is 0 Å². The fraction of sp³-hybridized carbons (Fsp3) is 0.556. The fourth-order valence-electron chi connectivity index (χ4n) is 2.93. The third-order valence-corrected chi connectivity index (χ3v) is 4.67. The number of hydrogen-bond donors (Lipinski definition) is 2.